The molecule has 0 radical (unpaired) electrons. The lowest BCUT2D eigenvalue weighted by atomic mass is 9.92. The van der Waals surface area contributed by atoms with Crippen molar-refractivity contribution >= 4 is 34.2 Å². The Bertz CT molecular complexity index is 1390. The molecule has 2 fully saturated rings. The van der Waals surface area contributed by atoms with E-state index in [9.17, 15) is 9.59 Å². The molecule has 0 saturated carbocycles. The highest BCUT2D eigenvalue weighted by atomic mass is 35.5. The summed E-state index contributed by atoms with van der Waals surface area (Å²) in [5, 5.41) is 9.49. The van der Waals surface area contributed by atoms with E-state index in [1.807, 2.05) is 36.4 Å². The fraction of sp³-hybridized carbons (Fsp3) is 0.500. The third-order valence-electron chi connectivity index (χ3n) is 9.31. The van der Waals surface area contributed by atoms with Crippen molar-refractivity contribution in [3.63, 3.8) is 0 Å². The minimum Gasteiger partial charge on any atom is -0.350 e. The summed E-state index contributed by atoms with van der Waals surface area (Å²) in [6, 6.07) is 20.1. The van der Waals surface area contributed by atoms with Crippen molar-refractivity contribution in [3.05, 3.63) is 82.4 Å². The average Bonchev–Trinajstić information content (AvgIpc) is 3.49. The van der Waals surface area contributed by atoms with Crippen LogP contribution in [0, 0.1) is 0 Å². The summed E-state index contributed by atoms with van der Waals surface area (Å²) in [6.07, 6.45) is 5.04. The fourth-order valence-corrected chi connectivity index (χ4v) is 6.69. The number of hydrogen-bond donors (Lipinski definition) is 2. The van der Waals surface area contributed by atoms with Gasteiger partial charge in [-0.1, -0.05) is 68.8 Å². The molecular formula is C36H47ClN4O2. The van der Waals surface area contributed by atoms with Crippen LogP contribution in [0.15, 0.2) is 60.7 Å². The lowest BCUT2D eigenvalue weighted by Crippen LogP contribution is -2.50. The lowest BCUT2D eigenvalue weighted by molar-refractivity contribution is -0.133. The van der Waals surface area contributed by atoms with Gasteiger partial charge in [-0.2, -0.15) is 0 Å². The van der Waals surface area contributed by atoms with Gasteiger partial charge in [-0.25, -0.2) is 0 Å². The van der Waals surface area contributed by atoms with Crippen LogP contribution < -0.4 is 10.6 Å². The Morgan fingerprint density at radius 1 is 0.977 bits per heavy atom. The molecule has 2 saturated heterocycles. The van der Waals surface area contributed by atoms with Crippen molar-refractivity contribution in [2.24, 2.45) is 0 Å². The van der Waals surface area contributed by atoms with Crippen molar-refractivity contribution in [2.45, 2.75) is 76.8 Å². The molecule has 3 atom stereocenters. The molecule has 3 aromatic rings. The first-order valence-electron chi connectivity index (χ1n) is 16.1. The normalized spacial score (nSPS) is 20.5. The molecule has 0 aromatic heterocycles. The largest absolute Gasteiger partial charge is 0.350 e. The second-order valence-electron chi connectivity index (χ2n) is 12.7. The second kappa shape index (κ2) is 14.7. The van der Waals surface area contributed by atoms with Gasteiger partial charge in [0.1, 0.15) is 0 Å². The Kier molecular flexibility index (Phi) is 10.8. The van der Waals surface area contributed by atoms with Gasteiger partial charge in [0.05, 0.1) is 6.04 Å². The number of carbonyl (C=O) groups is 2. The predicted molar refractivity (Wildman–Crippen MR) is 177 cm³/mol. The van der Waals surface area contributed by atoms with E-state index in [-0.39, 0.29) is 23.9 Å². The standard InChI is InChI=1S/C36H47ClN4O2/c1-4-26(28-9-7-27(8-10-28)25(2)3)24-41-20-15-33(39-34(36(41)43)16-19-40-17-5-6-18-40)23-38-35(42)31-12-11-30-22-32(37)14-13-29(30)21-31/h7-14,21-22,25-26,33-34,39H,4-6,15-20,23-24H2,1-3H3,(H,38,42). The van der Waals surface area contributed by atoms with Gasteiger partial charge >= 0.3 is 0 Å². The summed E-state index contributed by atoms with van der Waals surface area (Å²) in [7, 11) is 0. The average molecular weight is 603 g/mol. The van der Waals surface area contributed by atoms with E-state index in [1.165, 1.54) is 24.0 Å². The van der Waals surface area contributed by atoms with Crippen LogP contribution >= 0.6 is 11.6 Å². The zero-order valence-electron chi connectivity index (χ0n) is 25.9. The summed E-state index contributed by atoms with van der Waals surface area (Å²) in [4.78, 5) is 31.7. The molecule has 2 aliphatic heterocycles. The summed E-state index contributed by atoms with van der Waals surface area (Å²) in [5.41, 5.74) is 3.27. The van der Waals surface area contributed by atoms with Gasteiger partial charge in [0.25, 0.3) is 5.91 Å². The van der Waals surface area contributed by atoms with Crippen molar-refractivity contribution in [3.8, 4) is 0 Å². The summed E-state index contributed by atoms with van der Waals surface area (Å²) in [6.45, 7) is 11.7. The van der Waals surface area contributed by atoms with Gasteiger partial charge in [0.15, 0.2) is 0 Å². The number of nitrogens with one attached hydrogen (secondary N) is 2. The van der Waals surface area contributed by atoms with Crippen LogP contribution in [-0.2, 0) is 4.79 Å². The third kappa shape index (κ3) is 8.17. The Morgan fingerprint density at radius 3 is 2.40 bits per heavy atom. The van der Waals surface area contributed by atoms with Crippen molar-refractivity contribution in [1.82, 2.24) is 20.4 Å². The quantitative estimate of drug-likeness (QED) is 0.260. The first-order valence-corrected chi connectivity index (χ1v) is 16.5. The van der Waals surface area contributed by atoms with Gasteiger partial charge < -0.3 is 20.4 Å². The summed E-state index contributed by atoms with van der Waals surface area (Å²) >= 11 is 6.13. The molecule has 3 unspecified atom stereocenters. The topological polar surface area (TPSA) is 64.7 Å². The Balaban J connectivity index is 1.26. The van der Waals surface area contributed by atoms with Crippen LogP contribution in [0.1, 0.15) is 86.2 Å². The number of nitrogens with zero attached hydrogens (tertiary/aromatic N) is 2. The molecule has 0 bridgehead atoms. The summed E-state index contributed by atoms with van der Waals surface area (Å²) < 4.78 is 0. The molecule has 5 rings (SSSR count). The van der Waals surface area contributed by atoms with Crippen molar-refractivity contribution < 1.29 is 9.59 Å². The van der Waals surface area contributed by atoms with Crippen LogP contribution in [0.2, 0.25) is 5.02 Å². The van der Waals surface area contributed by atoms with Gasteiger partial charge in [-0.3, -0.25) is 9.59 Å². The van der Waals surface area contributed by atoms with Crippen molar-refractivity contribution in [2.75, 3.05) is 39.3 Å². The molecule has 2 aliphatic rings. The number of amides is 2. The number of carbonyl (C=O) groups excluding carboxylic acids is 2. The third-order valence-corrected chi connectivity index (χ3v) is 9.54. The van der Waals surface area contributed by atoms with Crippen LogP contribution in [0.5, 0.6) is 0 Å². The molecular weight excluding hydrogens is 556 g/mol. The van der Waals surface area contributed by atoms with E-state index in [0.717, 1.165) is 56.2 Å². The minimum atomic E-state index is -0.253. The van der Waals surface area contributed by atoms with Gasteiger partial charge in [-0.05, 0) is 97.3 Å². The predicted octanol–water partition coefficient (Wildman–Crippen LogP) is 6.59. The smallest absolute Gasteiger partial charge is 0.251 e. The van der Waals surface area contributed by atoms with E-state index in [4.69, 9.17) is 11.6 Å². The molecule has 0 spiro atoms. The second-order valence-corrected chi connectivity index (χ2v) is 13.1. The number of likely N-dealkylation sites (tertiary alicyclic amines) is 1. The Labute approximate surface area is 262 Å². The lowest BCUT2D eigenvalue weighted by Gasteiger charge is -2.29. The van der Waals surface area contributed by atoms with Crippen LogP contribution in [-0.4, -0.2) is 73.0 Å². The molecule has 2 N–H and O–H groups in total. The fourth-order valence-electron chi connectivity index (χ4n) is 6.51. The van der Waals surface area contributed by atoms with E-state index < -0.39 is 0 Å². The molecule has 2 amide bonds. The van der Waals surface area contributed by atoms with Crippen molar-refractivity contribution in [1.29, 1.82) is 0 Å². The highest BCUT2D eigenvalue weighted by molar-refractivity contribution is 6.31. The molecule has 43 heavy (non-hydrogen) atoms. The maximum absolute atomic E-state index is 14.0. The van der Waals surface area contributed by atoms with Gasteiger partial charge in [0.2, 0.25) is 5.91 Å². The van der Waals surface area contributed by atoms with Gasteiger partial charge in [-0.15, -0.1) is 0 Å². The highest BCUT2D eigenvalue weighted by Crippen LogP contribution is 2.26. The zero-order chi connectivity index (χ0) is 30.3. The van der Waals surface area contributed by atoms with Crippen LogP contribution in [0.3, 0.4) is 0 Å². The minimum absolute atomic E-state index is 0.0196. The molecule has 7 heteroatoms. The molecule has 2 heterocycles. The maximum atomic E-state index is 14.0. The number of hydrogen-bond acceptors (Lipinski definition) is 4. The van der Waals surface area contributed by atoms with Crippen LogP contribution in [0.25, 0.3) is 10.8 Å². The maximum Gasteiger partial charge on any atom is 0.251 e. The Morgan fingerprint density at radius 2 is 1.67 bits per heavy atom. The van der Waals surface area contributed by atoms with Crippen LogP contribution in [0.4, 0.5) is 0 Å². The highest BCUT2D eigenvalue weighted by Gasteiger charge is 2.32. The van der Waals surface area contributed by atoms with E-state index in [0.29, 0.717) is 35.5 Å². The summed E-state index contributed by atoms with van der Waals surface area (Å²) in [5.74, 6) is 0.888. The first kappa shape index (κ1) is 31.5. The number of benzene rings is 3. The molecule has 230 valence electrons. The molecule has 6 nitrogen and oxygen atoms in total. The number of fused-ring (bicyclic) bond motifs is 1. The zero-order valence-corrected chi connectivity index (χ0v) is 26.7. The first-order chi connectivity index (χ1) is 20.8. The molecule has 0 aliphatic carbocycles. The number of halogens is 1. The van der Waals surface area contributed by atoms with E-state index in [2.05, 4.69) is 65.5 Å². The van der Waals surface area contributed by atoms with Gasteiger partial charge in [0, 0.05) is 48.7 Å². The SMILES string of the molecule is CCC(CN1CCC(CNC(=O)c2ccc3cc(Cl)ccc3c2)NC(CCN2CCCC2)C1=O)c1ccc(C(C)C)cc1. The molecule has 3 aromatic carbocycles. The van der Waals surface area contributed by atoms with E-state index >= 15 is 0 Å². The monoisotopic (exact) mass is 602 g/mol. The Hall–Kier alpha value is -2.93. The number of rotatable bonds is 11. The van der Waals surface area contributed by atoms with E-state index in [1.54, 1.807) is 0 Å².